The number of non-ortho nitro benzene ring substituents is 1. The highest BCUT2D eigenvalue weighted by Gasteiger charge is 2.38. The molecule has 24 heavy (non-hydrogen) atoms. The summed E-state index contributed by atoms with van der Waals surface area (Å²) in [6, 6.07) is 14.4. The van der Waals surface area contributed by atoms with E-state index in [0.717, 1.165) is 5.56 Å². The van der Waals surface area contributed by atoms with E-state index in [0.29, 0.717) is 5.69 Å². The SMILES string of the molecule is O=C1C[C@@H](Nc2cccc([N+](=O)[O-])c2)C(=O)N1Cc1ccccc1. The molecule has 7 nitrogen and oxygen atoms in total. The summed E-state index contributed by atoms with van der Waals surface area (Å²) in [5.74, 6) is -0.581. The summed E-state index contributed by atoms with van der Waals surface area (Å²) in [5.41, 5.74) is 1.24. The van der Waals surface area contributed by atoms with Gasteiger partial charge in [-0.2, -0.15) is 0 Å². The first-order valence-corrected chi connectivity index (χ1v) is 7.44. The van der Waals surface area contributed by atoms with Gasteiger partial charge in [0.2, 0.25) is 5.91 Å². The Labute approximate surface area is 138 Å². The van der Waals surface area contributed by atoms with Gasteiger partial charge in [-0.25, -0.2) is 0 Å². The molecule has 2 amide bonds. The predicted octanol–water partition coefficient (Wildman–Crippen LogP) is 2.33. The van der Waals surface area contributed by atoms with Crippen molar-refractivity contribution in [2.75, 3.05) is 5.32 Å². The minimum atomic E-state index is -0.705. The van der Waals surface area contributed by atoms with Crippen LogP contribution in [0, 0.1) is 10.1 Å². The van der Waals surface area contributed by atoms with E-state index >= 15 is 0 Å². The van der Waals surface area contributed by atoms with Crippen molar-refractivity contribution in [1.29, 1.82) is 0 Å². The Morgan fingerprint density at radius 3 is 2.58 bits per heavy atom. The third-order valence-corrected chi connectivity index (χ3v) is 3.83. The molecule has 1 heterocycles. The number of nitrogens with zero attached hydrogens (tertiary/aromatic N) is 2. The summed E-state index contributed by atoms with van der Waals surface area (Å²) in [7, 11) is 0. The fourth-order valence-corrected chi connectivity index (χ4v) is 2.64. The molecule has 1 saturated heterocycles. The minimum Gasteiger partial charge on any atom is -0.373 e. The number of hydrogen-bond acceptors (Lipinski definition) is 5. The number of rotatable bonds is 5. The van der Waals surface area contributed by atoms with Crippen LogP contribution in [0.3, 0.4) is 0 Å². The van der Waals surface area contributed by atoms with Crippen molar-refractivity contribution < 1.29 is 14.5 Å². The van der Waals surface area contributed by atoms with Crippen molar-refractivity contribution in [1.82, 2.24) is 4.90 Å². The standard InChI is InChI=1S/C17H15N3O4/c21-16-10-15(18-13-7-4-8-14(9-13)20(23)24)17(22)19(16)11-12-5-2-1-3-6-12/h1-9,15,18H,10-11H2/t15-/m1/s1. The molecule has 3 rings (SSSR count). The Hall–Kier alpha value is -3.22. The van der Waals surface area contributed by atoms with Gasteiger partial charge in [-0.05, 0) is 11.6 Å². The second kappa shape index (κ2) is 6.49. The summed E-state index contributed by atoms with van der Waals surface area (Å²) in [4.78, 5) is 36.1. The van der Waals surface area contributed by atoms with Crippen molar-refractivity contribution in [3.05, 3.63) is 70.3 Å². The maximum Gasteiger partial charge on any atom is 0.271 e. The van der Waals surface area contributed by atoms with Crippen LogP contribution in [-0.4, -0.2) is 27.7 Å². The molecule has 0 aliphatic carbocycles. The van der Waals surface area contributed by atoms with E-state index in [9.17, 15) is 19.7 Å². The lowest BCUT2D eigenvalue weighted by molar-refractivity contribution is -0.384. The fourth-order valence-electron chi connectivity index (χ4n) is 2.64. The summed E-state index contributed by atoms with van der Waals surface area (Å²) in [6.07, 6.45) is 0.0361. The Morgan fingerprint density at radius 2 is 1.88 bits per heavy atom. The number of amides is 2. The normalized spacial score (nSPS) is 17.2. The Morgan fingerprint density at radius 1 is 1.12 bits per heavy atom. The summed E-state index contributed by atoms with van der Waals surface area (Å²) in [6.45, 7) is 0.228. The number of benzene rings is 2. The molecule has 0 saturated carbocycles. The maximum absolute atomic E-state index is 12.5. The number of nitrogens with one attached hydrogen (secondary N) is 1. The predicted molar refractivity (Wildman–Crippen MR) is 87.1 cm³/mol. The average molecular weight is 325 g/mol. The van der Waals surface area contributed by atoms with Crippen LogP contribution in [0.15, 0.2) is 54.6 Å². The second-order valence-corrected chi connectivity index (χ2v) is 5.51. The van der Waals surface area contributed by atoms with E-state index in [4.69, 9.17) is 0 Å². The van der Waals surface area contributed by atoms with E-state index in [1.165, 1.54) is 23.1 Å². The van der Waals surface area contributed by atoms with E-state index in [2.05, 4.69) is 5.32 Å². The summed E-state index contributed by atoms with van der Waals surface area (Å²) < 4.78 is 0. The molecule has 0 aromatic heterocycles. The van der Waals surface area contributed by atoms with Gasteiger partial charge in [-0.1, -0.05) is 36.4 Å². The Kier molecular flexibility index (Phi) is 4.24. The van der Waals surface area contributed by atoms with Gasteiger partial charge in [-0.3, -0.25) is 24.6 Å². The Balaban J connectivity index is 1.72. The maximum atomic E-state index is 12.5. The van der Waals surface area contributed by atoms with Crippen LogP contribution in [0.5, 0.6) is 0 Å². The molecular formula is C17H15N3O4. The highest BCUT2D eigenvalue weighted by Crippen LogP contribution is 2.23. The van der Waals surface area contributed by atoms with Crippen LogP contribution in [0.25, 0.3) is 0 Å². The van der Waals surface area contributed by atoms with E-state index in [1.807, 2.05) is 30.3 Å². The lowest BCUT2D eigenvalue weighted by Crippen LogP contribution is -2.34. The molecule has 2 aromatic carbocycles. The highest BCUT2D eigenvalue weighted by atomic mass is 16.6. The first-order valence-electron chi connectivity index (χ1n) is 7.44. The molecule has 0 unspecified atom stereocenters. The lowest BCUT2D eigenvalue weighted by Gasteiger charge is -2.16. The smallest absolute Gasteiger partial charge is 0.271 e. The fraction of sp³-hybridized carbons (Fsp3) is 0.176. The largest absolute Gasteiger partial charge is 0.373 e. The van der Waals surface area contributed by atoms with E-state index in [1.54, 1.807) is 6.07 Å². The first kappa shape index (κ1) is 15.7. The van der Waals surface area contributed by atoms with Gasteiger partial charge in [0.05, 0.1) is 17.9 Å². The molecule has 2 aromatic rings. The third kappa shape index (κ3) is 3.24. The average Bonchev–Trinajstić information content (AvgIpc) is 2.83. The van der Waals surface area contributed by atoms with Crippen molar-refractivity contribution in [2.24, 2.45) is 0 Å². The van der Waals surface area contributed by atoms with Gasteiger partial charge in [0.15, 0.2) is 0 Å². The van der Waals surface area contributed by atoms with Crippen molar-refractivity contribution in [2.45, 2.75) is 19.0 Å². The van der Waals surface area contributed by atoms with Gasteiger partial charge in [-0.15, -0.1) is 0 Å². The molecule has 0 radical (unpaired) electrons. The van der Waals surface area contributed by atoms with Gasteiger partial charge in [0, 0.05) is 17.8 Å². The number of likely N-dealkylation sites (tertiary alicyclic amines) is 1. The van der Waals surface area contributed by atoms with Crippen LogP contribution in [0.2, 0.25) is 0 Å². The van der Waals surface area contributed by atoms with Gasteiger partial charge in [0.1, 0.15) is 6.04 Å². The molecule has 0 bridgehead atoms. The van der Waals surface area contributed by atoms with Crippen LogP contribution < -0.4 is 5.32 Å². The molecule has 1 fully saturated rings. The topological polar surface area (TPSA) is 92.5 Å². The highest BCUT2D eigenvalue weighted by molar-refractivity contribution is 6.06. The van der Waals surface area contributed by atoms with E-state index in [-0.39, 0.29) is 30.5 Å². The lowest BCUT2D eigenvalue weighted by atomic mass is 10.2. The molecule has 7 heteroatoms. The number of hydrogen-bond donors (Lipinski definition) is 1. The zero-order valence-corrected chi connectivity index (χ0v) is 12.7. The third-order valence-electron chi connectivity index (χ3n) is 3.83. The van der Waals surface area contributed by atoms with Crippen LogP contribution in [0.1, 0.15) is 12.0 Å². The van der Waals surface area contributed by atoms with Gasteiger partial charge in [0.25, 0.3) is 11.6 Å². The number of carbonyl (C=O) groups excluding carboxylic acids is 2. The quantitative estimate of drug-likeness (QED) is 0.517. The number of nitro benzene ring substituents is 1. The number of nitro groups is 1. The zero-order valence-electron chi connectivity index (χ0n) is 12.7. The summed E-state index contributed by atoms with van der Waals surface area (Å²) in [5, 5.41) is 13.7. The zero-order chi connectivity index (χ0) is 17.1. The monoisotopic (exact) mass is 325 g/mol. The molecule has 122 valence electrons. The molecule has 1 aliphatic heterocycles. The van der Waals surface area contributed by atoms with Crippen molar-refractivity contribution in [3.63, 3.8) is 0 Å². The van der Waals surface area contributed by atoms with Crippen molar-refractivity contribution in [3.8, 4) is 0 Å². The molecular weight excluding hydrogens is 310 g/mol. The first-order chi connectivity index (χ1) is 11.5. The van der Waals surface area contributed by atoms with Gasteiger partial charge < -0.3 is 5.32 Å². The molecule has 1 aliphatic rings. The van der Waals surface area contributed by atoms with Crippen LogP contribution in [0.4, 0.5) is 11.4 Å². The van der Waals surface area contributed by atoms with Crippen molar-refractivity contribution >= 4 is 23.2 Å². The number of carbonyl (C=O) groups is 2. The van der Waals surface area contributed by atoms with Gasteiger partial charge >= 0.3 is 0 Å². The minimum absolute atomic E-state index is 0.0361. The number of imide groups is 1. The molecule has 0 spiro atoms. The Bertz CT molecular complexity index is 791. The molecule has 1 atom stereocenters. The van der Waals surface area contributed by atoms with E-state index < -0.39 is 11.0 Å². The number of anilines is 1. The molecule has 1 N–H and O–H groups in total. The van der Waals surface area contributed by atoms with Crippen LogP contribution >= 0.6 is 0 Å². The van der Waals surface area contributed by atoms with Crippen LogP contribution in [-0.2, 0) is 16.1 Å². The second-order valence-electron chi connectivity index (χ2n) is 5.51. The summed E-state index contributed by atoms with van der Waals surface area (Å²) >= 11 is 0.